The fourth-order valence-corrected chi connectivity index (χ4v) is 2.82. The molecule has 0 bridgehead atoms. The molecular weight excluding hydrogens is 184 g/mol. The van der Waals surface area contributed by atoms with Gasteiger partial charge in [-0.2, -0.15) is 0 Å². The normalized spacial score (nSPS) is 27.2. The molecule has 0 spiro atoms. The van der Waals surface area contributed by atoms with Crippen LogP contribution in [0.3, 0.4) is 0 Å². The van der Waals surface area contributed by atoms with Gasteiger partial charge in [0.2, 0.25) is 0 Å². The molecule has 1 aliphatic rings. The molecule has 0 aliphatic carbocycles. The number of rotatable bonds is 4. The van der Waals surface area contributed by atoms with Crippen LogP contribution >= 0.6 is 0 Å². The monoisotopic (exact) mass is 212 g/mol. The van der Waals surface area contributed by atoms with Crippen molar-refractivity contribution in [2.75, 3.05) is 26.7 Å². The van der Waals surface area contributed by atoms with Gasteiger partial charge in [-0.1, -0.05) is 13.8 Å². The smallest absolute Gasteiger partial charge is 0.0156 e. The Labute approximate surface area is 95.4 Å². The molecule has 2 nitrogen and oxygen atoms in total. The van der Waals surface area contributed by atoms with Crippen molar-refractivity contribution in [1.29, 1.82) is 0 Å². The highest BCUT2D eigenvalue weighted by Crippen LogP contribution is 2.31. The quantitative estimate of drug-likeness (QED) is 0.769. The molecule has 1 N–H and O–H groups in total. The van der Waals surface area contributed by atoms with Gasteiger partial charge < -0.3 is 5.32 Å². The summed E-state index contributed by atoms with van der Waals surface area (Å²) in [4.78, 5) is 2.67. The van der Waals surface area contributed by atoms with Gasteiger partial charge in [0.25, 0.3) is 0 Å². The average Bonchev–Trinajstić information content (AvgIpc) is 2.09. The second-order valence-electron chi connectivity index (χ2n) is 6.07. The van der Waals surface area contributed by atoms with Crippen molar-refractivity contribution >= 4 is 0 Å². The first kappa shape index (κ1) is 13.0. The van der Waals surface area contributed by atoms with Crippen LogP contribution in [0.4, 0.5) is 0 Å². The third-order valence-corrected chi connectivity index (χ3v) is 3.53. The van der Waals surface area contributed by atoms with E-state index in [9.17, 15) is 0 Å². The van der Waals surface area contributed by atoms with Gasteiger partial charge in [-0.05, 0) is 58.7 Å². The van der Waals surface area contributed by atoms with Crippen LogP contribution in [0.2, 0.25) is 0 Å². The van der Waals surface area contributed by atoms with Gasteiger partial charge in [0.15, 0.2) is 0 Å². The molecule has 1 rings (SSSR count). The van der Waals surface area contributed by atoms with Crippen LogP contribution in [0.5, 0.6) is 0 Å². The van der Waals surface area contributed by atoms with Crippen molar-refractivity contribution in [3.05, 3.63) is 0 Å². The van der Waals surface area contributed by atoms with E-state index < -0.39 is 0 Å². The summed E-state index contributed by atoms with van der Waals surface area (Å²) in [5, 5.41) is 3.31. The molecule has 1 heterocycles. The van der Waals surface area contributed by atoms with Gasteiger partial charge in [-0.3, -0.25) is 4.90 Å². The lowest BCUT2D eigenvalue weighted by atomic mass is 9.82. The van der Waals surface area contributed by atoms with Crippen molar-refractivity contribution < 1.29 is 0 Å². The Bertz CT molecular complexity index is 187. The summed E-state index contributed by atoms with van der Waals surface area (Å²) in [5.74, 6) is 1.65. The highest BCUT2D eigenvalue weighted by molar-refractivity contribution is 4.90. The fourth-order valence-electron chi connectivity index (χ4n) is 2.82. The van der Waals surface area contributed by atoms with Gasteiger partial charge in [0.1, 0.15) is 0 Å². The Kier molecular flexibility index (Phi) is 4.60. The molecule has 2 heteroatoms. The second kappa shape index (κ2) is 5.31. The zero-order valence-corrected chi connectivity index (χ0v) is 11.1. The van der Waals surface area contributed by atoms with Crippen LogP contribution in [0.15, 0.2) is 0 Å². The van der Waals surface area contributed by atoms with E-state index in [2.05, 4.69) is 45.0 Å². The lowest BCUT2D eigenvalue weighted by Gasteiger charge is -2.46. The van der Waals surface area contributed by atoms with Crippen LogP contribution in [0, 0.1) is 11.8 Å². The molecule has 0 aromatic carbocycles. The molecule has 0 amide bonds. The largest absolute Gasteiger partial charge is 0.319 e. The molecule has 90 valence electrons. The van der Waals surface area contributed by atoms with Crippen molar-refractivity contribution in [3.63, 3.8) is 0 Å². The summed E-state index contributed by atoms with van der Waals surface area (Å²) < 4.78 is 0. The number of nitrogens with one attached hydrogen (secondary N) is 1. The van der Waals surface area contributed by atoms with E-state index in [-0.39, 0.29) is 0 Å². The Morgan fingerprint density at radius 2 is 2.07 bits per heavy atom. The van der Waals surface area contributed by atoms with Crippen LogP contribution in [0.1, 0.15) is 40.5 Å². The van der Waals surface area contributed by atoms with E-state index >= 15 is 0 Å². The fraction of sp³-hybridized carbons (Fsp3) is 1.00. The minimum Gasteiger partial charge on any atom is -0.319 e. The highest BCUT2D eigenvalue weighted by atomic mass is 15.2. The Morgan fingerprint density at radius 1 is 1.40 bits per heavy atom. The number of likely N-dealkylation sites (tertiary alicyclic amines) is 1. The molecule has 0 aromatic heterocycles. The number of hydrogen-bond acceptors (Lipinski definition) is 2. The summed E-state index contributed by atoms with van der Waals surface area (Å²) in [7, 11) is 2.06. The predicted octanol–water partition coefficient (Wildman–Crippen LogP) is 2.35. The molecule has 15 heavy (non-hydrogen) atoms. The van der Waals surface area contributed by atoms with Crippen molar-refractivity contribution in [2.24, 2.45) is 11.8 Å². The van der Waals surface area contributed by atoms with E-state index in [0.717, 1.165) is 11.8 Å². The molecule has 1 fully saturated rings. The van der Waals surface area contributed by atoms with E-state index in [4.69, 9.17) is 0 Å². The van der Waals surface area contributed by atoms with Crippen LogP contribution in [-0.2, 0) is 0 Å². The van der Waals surface area contributed by atoms with Crippen LogP contribution < -0.4 is 5.32 Å². The maximum Gasteiger partial charge on any atom is 0.0156 e. The van der Waals surface area contributed by atoms with E-state index in [1.54, 1.807) is 0 Å². The third kappa shape index (κ3) is 3.76. The molecular formula is C13H28N2. The first-order chi connectivity index (χ1) is 6.95. The van der Waals surface area contributed by atoms with Gasteiger partial charge in [-0.25, -0.2) is 0 Å². The van der Waals surface area contributed by atoms with E-state index in [1.165, 1.54) is 32.5 Å². The summed E-state index contributed by atoms with van der Waals surface area (Å²) in [6.07, 6.45) is 2.69. The highest BCUT2D eigenvalue weighted by Gasteiger charge is 2.34. The molecule has 0 saturated carbocycles. The minimum absolute atomic E-state index is 0.393. The zero-order valence-electron chi connectivity index (χ0n) is 11.1. The summed E-state index contributed by atoms with van der Waals surface area (Å²) >= 11 is 0. The van der Waals surface area contributed by atoms with E-state index in [1.807, 2.05) is 0 Å². The lowest BCUT2D eigenvalue weighted by Crippen LogP contribution is -2.52. The third-order valence-electron chi connectivity index (χ3n) is 3.53. The molecule has 1 aliphatic heterocycles. The summed E-state index contributed by atoms with van der Waals surface area (Å²) in [6.45, 7) is 13.1. The Hall–Kier alpha value is -0.0800. The van der Waals surface area contributed by atoms with Crippen molar-refractivity contribution in [2.45, 2.75) is 46.1 Å². The summed E-state index contributed by atoms with van der Waals surface area (Å²) in [5.41, 5.74) is 0.393. The maximum atomic E-state index is 3.31. The second-order valence-corrected chi connectivity index (χ2v) is 6.07. The van der Waals surface area contributed by atoms with Gasteiger partial charge >= 0.3 is 0 Å². The molecule has 1 atom stereocenters. The Balaban J connectivity index is 2.50. The first-order valence-electron chi connectivity index (χ1n) is 6.35. The standard InChI is InChI=1S/C13H28N2/c1-11(2)10-15-7-6-12(9-14-5)8-13(15,3)4/h11-12,14H,6-10H2,1-5H3. The van der Waals surface area contributed by atoms with Gasteiger partial charge in [-0.15, -0.1) is 0 Å². The number of hydrogen-bond donors (Lipinski definition) is 1. The van der Waals surface area contributed by atoms with Crippen molar-refractivity contribution in [3.8, 4) is 0 Å². The lowest BCUT2D eigenvalue weighted by molar-refractivity contribution is 0.0374. The first-order valence-corrected chi connectivity index (χ1v) is 6.35. The van der Waals surface area contributed by atoms with Crippen LogP contribution in [-0.4, -0.2) is 37.1 Å². The molecule has 0 radical (unpaired) electrons. The van der Waals surface area contributed by atoms with Gasteiger partial charge in [0.05, 0.1) is 0 Å². The van der Waals surface area contributed by atoms with Crippen molar-refractivity contribution in [1.82, 2.24) is 10.2 Å². The van der Waals surface area contributed by atoms with Crippen LogP contribution in [0.25, 0.3) is 0 Å². The average molecular weight is 212 g/mol. The maximum absolute atomic E-state index is 3.31. The molecule has 1 unspecified atom stereocenters. The topological polar surface area (TPSA) is 15.3 Å². The predicted molar refractivity (Wildman–Crippen MR) is 67.1 cm³/mol. The number of piperidine rings is 1. The van der Waals surface area contributed by atoms with Gasteiger partial charge in [0, 0.05) is 12.1 Å². The molecule has 0 aromatic rings. The van der Waals surface area contributed by atoms with E-state index in [0.29, 0.717) is 5.54 Å². The number of nitrogens with zero attached hydrogens (tertiary/aromatic N) is 1. The summed E-state index contributed by atoms with van der Waals surface area (Å²) in [6, 6.07) is 0. The SMILES string of the molecule is CNCC1CCN(CC(C)C)C(C)(C)C1. The Morgan fingerprint density at radius 3 is 2.53 bits per heavy atom. The zero-order chi connectivity index (χ0) is 11.5. The minimum atomic E-state index is 0.393. The molecule has 1 saturated heterocycles.